The molecule has 1 aromatic rings. The Labute approximate surface area is 107 Å². The van der Waals surface area contributed by atoms with Gasteiger partial charge < -0.3 is 10.2 Å². The molecule has 0 aromatic heterocycles. The van der Waals surface area contributed by atoms with Gasteiger partial charge in [0.15, 0.2) is 0 Å². The van der Waals surface area contributed by atoms with Crippen molar-refractivity contribution in [1.29, 1.82) is 0 Å². The normalized spacial score (nSPS) is 16.4. The lowest BCUT2D eigenvalue weighted by molar-refractivity contribution is -0.130. The molecule has 2 amide bonds. The fourth-order valence-corrected chi connectivity index (χ4v) is 2.00. The minimum Gasteiger partial charge on any atom is -0.347 e. The van der Waals surface area contributed by atoms with Crippen molar-refractivity contribution in [3.63, 3.8) is 0 Å². The highest BCUT2D eigenvalue weighted by molar-refractivity contribution is 5.87. The molecule has 1 aromatic carbocycles. The summed E-state index contributed by atoms with van der Waals surface area (Å²) in [5.41, 5.74) is 2.40. The van der Waals surface area contributed by atoms with Crippen LogP contribution >= 0.6 is 0 Å². The lowest BCUT2D eigenvalue weighted by atomic mass is 10.1. The maximum atomic E-state index is 11.8. The lowest BCUT2D eigenvalue weighted by Gasteiger charge is -2.19. The number of amides is 2. The number of hydrogen-bond acceptors (Lipinski definition) is 2. The third-order valence-corrected chi connectivity index (χ3v) is 3.20. The van der Waals surface area contributed by atoms with Crippen LogP contribution in [0.15, 0.2) is 24.3 Å². The van der Waals surface area contributed by atoms with Gasteiger partial charge in [0.1, 0.15) is 0 Å². The summed E-state index contributed by atoms with van der Waals surface area (Å²) in [6, 6.07) is 8.26. The van der Waals surface area contributed by atoms with E-state index in [2.05, 4.69) is 24.4 Å². The van der Waals surface area contributed by atoms with Crippen LogP contribution in [0.1, 0.15) is 24.5 Å². The van der Waals surface area contributed by atoms with Crippen LogP contribution in [0, 0.1) is 0 Å². The fourth-order valence-electron chi connectivity index (χ4n) is 2.00. The van der Waals surface area contributed by atoms with Gasteiger partial charge >= 0.3 is 0 Å². The van der Waals surface area contributed by atoms with E-state index in [0.29, 0.717) is 19.5 Å². The topological polar surface area (TPSA) is 49.4 Å². The number of carbonyl (C=O) groups is 2. The Balaban J connectivity index is 2.02. The molecule has 18 heavy (non-hydrogen) atoms. The molecular weight excluding hydrogens is 228 g/mol. The maximum Gasteiger partial charge on any atom is 0.242 e. The van der Waals surface area contributed by atoms with Gasteiger partial charge in [-0.2, -0.15) is 0 Å². The number of aryl methyl sites for hydroxylation is 1. The summed E-state index contributed by atoms with van der Waals surface area (Å²) in [6.45, 7) is 3.31. The summed E-state index contributed by atoms with van der Waals surface area (Å²) in [5, 5.41) is 2.60. The van der Waals surface area contributed by atoms with Crippen LogP contribution in [0.5, 0.6) is 0 Å². The van der Waals surface area contributed by atoms with E-state index < -0.39 is 0 Å². The predicted molar refractivity (Wildman–Crippen MR) is 68.9 cm³/mol. The number of hydrogen-bond donors (Lipinski definition) is 1. The number of carbonyl (C=O) groups excluding carboxylic acids is 2. The molecule has 4 heteroatoms. The first-order valence-electron chi connectivity index (χ1n) is 6.31. The Kier molecular flexibility index (Phi) is 3.97. The average molecular weight is 246 g/mol. The van der Waals surface area contributed by atoms with Gasteiger partial charge in [-0.3, -0.25) is 9.59 Å². The van der Waals surface area contributed by atoms with Crippen molar-refractivity contribution in [1.82, 2.24) is 10.2 Å². The van der Waals surface area contributed by atoms with Gasteiger partial charge in [-0.25, -0.2) is 0 Å². The third kappa shape index (κ3) is 3.09. The largest absolute Gasteiger partial charge is 0.347 e. The molecule has 96 valence electrons. The molecule has 0 unspecified atom stereocenters. The minimum atomic E-state index is -0.0489. The van der Waals surface area contributed by atoms with E-state index in [9.17, 15) is 9.59 Å². The van der Waals surface area contributed by atoms with Gasteiger partial charge in [0.25, 0.3) is 0 Å². The molecule has 0 bridgehead atoms. The van der Waals surface area contributed by atoms with Crippen molar-refractivity contribution in [3.05, 3.63) is 35.4 Å². The van der Waals surface area contributed by atoms with Gasteiger partial charge in [0.05, 0.1) is 6.54 Å². The van der Waals surface area contributed by atoms with Crippen LogP contribution in [0.4, 0.5) is 0 Å². The highest BCUT2D eigenvalue weighted by Gasteiger charge is 2.19. The van der Waals surface area contributed by atoms with Crippen molar-refractivity contribution in [2.24, 2.45) is 0 Å². The smallest absolute Gasteiger partial charge is 0.242 e. The highest BCUT2D eigenvalue weighted by Crippen LogP contribution is 2.09. The van der Waals surface area contributed by atoms with Crippen LogP contribution in [0.25, 0.3) is 0 Å². The molecule has 2 rings (SSSR count). The van der Waals surface area contributed by atoms with Crippen LogP contribution < -0.4 is 5.32 Å². The second-order valence-corrected chi connectivity index (χ2v) is 4.51. The molecule has 1 heterocycles. The van der Waals surface area contributed by atoms with Gasteiger partial charge in [0.2, 0.25) is 11.8 Å². The Bertz CT molecular complexity index is 440. The van der Waals surface area contributed by atoms with Crippen LogP contribution in [-0.4, -0.2) is 29.8 Å². The molecule has 1 aliphatic rings. The van der Waals surface area contributed by atoms with E-state index in [1.54, 1.807) is 4.90 Å². The summed E-state index contributed by atoms with van der Waals surface area (Å²) in [7, 11) is 0. The number of nitrogens with one attached hydrogen (secondary N) is 1. The van der Waals surface area contributed by atoms with Crippen molar-refractivity contribution in [2.75, 3.05) is 13.1 Å². The van der Waals surface area contributed by atoms with Gasteiger partial charge in [-0.05, 0) is 17.5 Å². The van der Waals surface area contributed by atoms with E-state index in [-0.39, 0.29) is 18.4 Å². The van der Waals surface area contributed by atoms with Crippen molar-refractivity contribution < 1.29 is 9.59 Å². The number of nitrogens with zero attached hydrogens (tertiary/aromatic N) is 1. The molecule has 1 aliphatic heterocycles. The van der Waals surface area contributed by atoms with Gasteiger partial charge in [-0.1, -0.05) is 31.2 Å². The molecule has 0 aliphatic carbocycles. The SMILES string of the molecule is CCc1ccc(CN2CCC(=O)NCC2=O)cc1. The Morgan fingerprint density at radius 2 is 1.83 bits per heavy atom. The molecule has 0 radical (unpaired) electrons. The zero-order valence-corrected chi connectivity index (χ0v) is 10.6. The number of rotatable bonds is 3. The predicted octanol–water partition coefficient (Wildman–Crippen LogP) is 1.10. The summed E-state index contributed by atoms with van der Waals surface area (Å²) in [6.07, 6.45) is 1.40. The van der Waals surface area contributed by atoms with Crippen LogP contribution in [0.2, 0.25) is 0 Å². The average Bonchev–Trinajstić information content (AvgIpc) is 2.55. The monoisotopic (exact) mass is 246 g/mol. The number of benzene rings is 1. The molecule has 4 nitrogen and oxygen atoms in total. The molecule has 1 fully saturated rings. The van der Waals surface area contributed by atoms with E-state index in [1.807, 2.05) is 12.1 Å². The lowest BCUT2D eigenvalue weighted by Crippen LogP contribution is -2.34. The van der Waals surface area contributed by atoms with E-state index >= 15 is 0 Å². The van der Waals surface area contributed by atoms with Crippen LogP contribution in [-0.2, 0) is 22.6 Å². The van der Waals surface area contributed by atoms with Crippen molar-refractivity contribution in [2.45, 2.75) is 26.3 Å². The standard InChI is InChI=1S/C14H18N2O2/c1-2-11-3-5-12(6-4-11)10-16-8-7-13(17)15-9-14(16)18/h3-6H,2,7-10H2,1H3,(H,15,17). The molecule has 1 N–H and O–H groups in total. The first-order chi connectivity index (χ1) is 8.69. The second kappa shape index (κ2) is 5.67. The summed E-state index contributed by atoms with van der Waals surface area (Å²) < 4.78 is 0. The molecular formula is C14H18N2O2. The molecule has 0 spiro atoms. The maximum absolute atomic E-state index is 11.8. The zero-order chi connectivity index (χ0) is 13.0. The summed E-state index contributed by atoms with van der Waals surface area (Å²) in [5.74, 6) is -0.0624. The first-order valence-corrected chi connectivity index (χ1v) is 6.31. The zero-order valence-electron chi connectivity index (χ0n) is 10.6. The summed E-state index contributed by atoms with van der Waals surface area (Å²) in [4.78, 5) is 24.8. The Morgan fingerprint density at radius 3 is 2.50 bits per heavy atom. The highest BCUT2D eigenvalue weighted by atomic mass is 16.2. The fraction of sp³-hybridized carbons (Fsp3) is 0.429. The summed E-state index contributed by atoms with van der Waals surface area (Å²) >= 11 is 0. The van der Waals surface area contributed by atoms with Crippen molar-refractivity contribution in [3.8, 4) is 0 Å². The molecule has 0 atom stereocenters. The molecule has 0 saturated carbocycles. The first kappa shape index (κ1) is 12.6. The minimum absolute atomic E-state index is 0.0135. The molecule has 1 saturated heterocycles. The van der Waals surface area contributed by atoms with Crippen molar-refractivity contribution >= 4 is 11.8 Å². The third-order valence-electron chi connectivity index (χ3n) is 3.20. The Morgan fingerprint density at radius 1 is 1.17 bits per heavy atom. The second-order valence-electron chi connectivity index (χ2n) is 4.51. The quantitative estimate of drug-likeness (QED) is 0.868. The van der Waals surface area contributed by atoms with Gasteiger partial charge in [-0.15, -0.1) is 0 Å². The Hall–Kier alpha value is -1.84. The van der Waals surface area contributed by atoms with Crippen LogP contribution in [0.3, 0.4) is 0 Å². The van der Waals surface area contributed by atoms with E-state index in [1.165, 1.54) is 5.56 Å². The van der Waals surface area contributed by atoms with E-state index in [0.717, 1.165) is 12.0 Å². The van der Waals surface area contributed by atoms with E-state index in [4.69, 9.17) is 0 Å². The van der Waals surface area contributed by atoms with Gasteiger partial charge in [0, 0.05) is 19.5 Å².